The first-order chi connectivity index (χ1) is 60.1. The minimum Gasteiger partial charge on any atom is -0.481 e. The maximum Gasteiger partial charge on any atom is 0.226 e. The topological polar surface area (TPSA) is 236 Å². The number of nitrogen functional groups attached to an aromatic ring is 1. The van der Waals surface area contributed by atoms with Crippen LogP contribution in [0, 0.1) is 29.2 Å². The maximum atomic E-state index is 14.7. The zero-order valence-electron chi connectivity index (χ0n) is 71.5. The van der Waals surface area contributed by atoms with Gasteiger partial charge in [-0.05, 0) is 180 Å². The number of Topliss-reactive ketones (excluding diaryl/α,β-unsaturated/α-hetero) is 4. The fourth-order valence-corrected chi connectivity index (χ4v) is 13.7. The Hall–Kier alpha value is -13.5. The number of carbonyl (C=O) groups excluding carboxylic acids is 8. The summed E-state index contributed by atoms with van der Waals surface area (Å²) >= 11 is 6.04. The monoisotopic (exact) mass is 1710 g/mol. The van der Waals surface area contributed by atoms with Gasteiger partial charge in [-0.2, -0.15) is 4.39 Å². The van der Waals surface area contributed by atoms with Crippen molar-refractivity contribution in [2.45, 2.75) is 130 Å². The number of aromatic nitrogens is 4. The van der Waals surface area contributed by atoms with Gasteiger partial charge in [-0.3, -0.25) is 38.4 Å². The van der Waals surface area contributed by atoms with Crippen LogP contribution < -0.4 is 30.1 Å². The third-order valence-electron chi connectivity index (χ3n) is 20.9. The molecule has 4 aromatic heterocycles. The van der Waals surface area contributed by atoms with Crippen LogP contribution >= 0.6 is 11.6 Å². The summed E-state index contributed by atoms with van der Waals surface area (Å²) in [6.45, 7) is 7.63. The Labute approximate surface area is 731 Å². The number of amides is 4. The average molecular weight is 1720 g/mol. The molecular formula is C101H101ClF5N9O9. The van der Waals surface area contributed by atoms with E-state index >= 15 is 0 Å². The number of ether oxygens (including phenoxy) is 1. The number of rotatable bonds is 33. The first kappa shape index (κ1) is 95.3. The molecule has 125 heavy (non-hydrogen) atoms. The average Bonchev–Trinajstić information content (AvgIpc) is 0.827. The van der Waals surface area contributed by atoms with Gasteiger partial charge < -0.3 is 30.1 Å². The fraction of sp³-hybridized carbons (Fsp3) is 0.248. The van der Waals surface area contributed by atoms with Crippen LogP contribution in [-0.4, -0.2) is 102 Å². The summed E-state index contributed by atoms with van der Waals surface area (Å²) < 4.78 is 77.3. The third kappa shape index (κ3) is 26.7. The Morgan fingerprint density at radius 3 is 0.864 bits per heavy atom. The van der Waals surface area contributed by atoms with Crippen molar-refractivity contribution < 1.29 is 65.0 Å². The Bertz CT molecular complexity index is 5330. The molecule has 24 heteroatoms. The summed E-state index contributed by atoms with van der Waals surface area (Å²) in [5.41, 5.74) is 17.9. The van der Waals surface area contributed by atoms with Gasteiger partial charge in [0.1, 0.15) is 34.2 Å². The van der Waals surface area contributed by atoms with E-state index in [0.717, 1.165) is 38.9 Å². The fourth-order valence-electron chi connectivity index (χ4n) is 13.5. The van der Waals surface area contributed by atoms with Crippen molar-refractivity contribution in [3.8, 4) is 50.4 Å². The molecule has 646 valence electrons. The van der Waals surface area contributed by atoms with Gasteiger partial charge in [0.2, 0.25) is 35.5 Å². The number of halogens is 6. The van der Waals surface area contributed by atoms with Crippen molar-refractivity contribution in [1.82, 2.24) is 19.9 Å². The van der Waals surface area contributed by atoms with Crippen LogP contribution in [-0.2, 0) is 44.9 Å². The number of nitrogens with two attached hydrogens (primary N) is 1. The van der Waals surface area contributed by atoms with Crippen LogP contribution in [0.1, 0.15) is 168 Å². The van der Waals surface area contributed by atoms with Gasteiger partial charge >= 0.3 is 0 Å². The normalized spacial score (nSPS) is 10.7. The van der Waals surface area contributed by atoms with E-state index in [1.807, 2.05) is 52.0 Å². The van der Waals surface area contributed by atoms with E-state index in [9.17, 15) is 60.3 Å². The van der Waals surface area contributed by atoms with E-state index in [-0.39, 0.29) is 82.4 Å². The highest BCUT2D eigenvalue weighted by molar-refractivity contribution is 6.30. The van der Waals surface area contributed by atoms with Crippen molar-refractivity contribution in [2.24, 2.45) is 0 Å². The summed E-state index contributed by atoms with van der Waals surface area (Å²) in [4.78, 5) is 119. The van der Waals surface area contributed by atoms with Crippen molar-refractivity contribution in [3.05, 3.63) is 322 Å². The quantitative estimate of drug-likeness (QED) is 0.0229. The molecule has 0 bridgehead atoms. The minimum atomic E-state index is -0.557. The molecular weight excluding hydrogens is 1610 g/mol. The predicted octanol–water partition coefficient (Wildman–Crippen LogP) is 22.2. The zero-order valence-corrected chi connectivity index (χ0v) is 72.3. The molecule has 0 saturated carbocycles. The van der Waals surface area contributed by atoms with Gasteiger partial charge in [0.05, 0.1) is 29.9 Å². The van der Waals surface area contributed by atoms with E-state index < -0.39 is 29.2 Å². The van der Waals surface area contributed by atoms with Crippen molar-refractivity contribution in [3.63, 3.8) is 0 Å². The lowest BCUT2D eigenvalue weighted by molar-refractivity contribution is -0.119. The molecule has 0 aliphatic heterocycles. The third-order valence-corrected chi connectivity index (χ3v) is 21.2. The summed E-state index contributed by atoms with van der Waals surface area (Å²) in [5, 5.41) is 0.415. The van der Waals surface area contributed by atoms with Gasteiger partial charge in [-0.25, -0.2) is 37.5 Å². The Balaban J connectivity index is 0.000000189. The number of nitrogens with zero attached hydrogens (tertiary/aromatic N) is 8. The van der Waals surface area contributed by atoms with Crippen LogP contribution in [0.5, 0.6) is 5.88 Å². The molecule has 0 unspecified atom stereocenters. The standard InChI is InChI=1S/C26H27FN2O3.C25H24ClFN2O2.C25H24F2N2O2.C25H26FN3O2/c1-4-6-25(31)29(2)23-14-12-21(17-22(23)27)18-8-10-19(11-9-18)24(30)15-13-20-7-5-16-28-26(20)32-3;1-3-5-24(31)29(2)22-13-11-20(16-21(22)27)17-7-9-18(10-8-17)23(30)14-12-19-6-4-15-28-25(19)26;2*1-3-5-24(31)29(2)22-13-11-20(16-21(22)26)17-7-9-18(10-8-17)23(30)14-12-19-6-4-15-28-25(19)27/h5,7-12,14,16-17H,4,6,13,15H2,1-3H3;2*4,6-11,13,15-16H,3,5,12,14H2,1-2H3;4,6-11,13,15-16H,3,5,12,14H2,1-2H3,(H2,27,28). The zero-order chi connectivity index (χ0) is 90.2. The molecule has 12 aromatic rings. The second-order valence-corrected chi connectivity index (χ2v) is 30.0. The first-order valence-corrected chi connectivity index (χ1v) is 41.7. The molecule has 0 saturated heterocycles. The van der Waals surface area contributed by atoms with Crippen LogP contribution in [0.4, 0.5) is 50.5 Å². The van der Waals surface area contributed by atoms with Crippen LogP contribution in [0.2, 0.25) is 5.15 Å². The second kappa shape index (κ2) is 47.2. The van der Waals surface area contributed by atoms with E-state index in [4.69, 9.17) is 22.1 Å². The molecule has 0 fully saturated rings. The Morgan fingerprint density at radius 1 is 0.320 bits per heavy atom. The highest BCUT2D eigenvalue weighted by atomic mass is 35.5. The summed E-state index contributed by atoms with van der Waals surface area (Å²) in [5.74, 6) is -2.02. The largest absolute Gasteiger partial charge is 0.481 e. The molecule has 8 aromatic carbocycles. The number of hydrogen-bond acceptors (Lipinski definition) is 14. The number of benzene rings is 8. The molecule has 0 radical (unpaired) electrons. The van der Waals surface area contributed by atoms with Crippen molar-refractivity contribution in [1.29, 1.82) is 0 Å². The van der Waals surface area contributed by atoms with E-state index in [1.54, 1.807) is 224 Å². The Morgan fingerprint density at radius 2 is 0.576 bits per heavy atom. The number of carbonyl (C=O) groups is 8. The van der Waals surface area contributed by atoms with Crippen LogP contribution in [0.3, 0.4) is 0 Å². The second-order valence-electron chi connectivity index (χ2n) is 29.6. The molecule has 0 aliphatic rings. The van der Waals surface area contributed by atoms with Gasteiger partial charge in [-0.15, -0.1) is 0 Å². The number of ketones is 4. The number of methoxy groups -OCH3 is 1. The first-order valence-electron chi connectivity index (χ1n) is 41.3. The van der Waals surface area contributed by atoms with Gasteiger partial charge in [0, 0.05) is 138 Å². The molecule has 4 heterocycles. The SMILES string of the molecule is CCCC(=O)N(C)c1ccc(-c2ccc(C(=O)CCc3cccnc3Cl)cc2)cc1F.CCCC(=O)N(C)c1ccc(-c2ccc(C(=O)CCc3cccnc3F)cc2)cc1F.CCCC(=O)N(C)c1ccc(-c2ccc(C(=O)CCc3cccnc3N)cc2)cc1F.CCCC(=O)N(C)c1ccc(-c2ccc(C(=O)CCc3cccnc3OC)cc2)cc1F. The summed E-state index contributed by atoms with van der Waals surface area (Å²) in [7, 11) is 7.86. The summed E-state index contributed by atoms with van der Waals surface area (Å²) in [6, 6.07) is 61.5. The Kier molecular flexibility index (Phi) is 36.0. The maximum absolute atomic E-state index is 14.7. The lowest BCUT2D eigenvalue weighted by Gasteiger charge is -2.18. The molecule has 0 atom stereocenters. The molecule has 2 N–H and O–H groups in total. The van der Waals surface area contributed by atoms with E-state index in [0.29, 0.717) is 157 Å². The van der Waals surface area contributed by atoms with Crippen LogP contribution in [0.25, 0.3) is 44.5 Å². The molecule has 4 amide bonds. The minimum absolute atomic E-state index is 0.00376. The number of hydrogen-bond donors (Lipinski definition) is 1. The molecule has 0 aliphatic carbocycles. The highest BCUT2D eigenvalue weighted by Gasteiger charge is 2.22. The molecule has 12 rings (SSSR count). The van der Waals surface area contributed by atoms with Gasteiger partial charge in [0.15, 0.2) is 23.1 Å². The molecule has 18 nitrogen and oxygen atoms in total. The smallest absolute Gasteiger partial charge is 0.226 e. The number of pyridine rings is 4. The van der Waals surface area contributed by atoms with E-state index in [1.165, 1.54) is 50.1 Å². The lowest BCUT2D eigenvalue weighted by atomic mass is 9.99. The predicted molar refractivity (Wildman–Crippen MR) is 484 cm³/mol. The molecule has 0 spiro atoms. The van der Waals surface area contributed by atoms with Crippen molar-refractivity contribution >= 4 is 86.9 Å². The van der Waals surface area contributed by atoms with Gasteiger partial charge in [-0.1, -0.05) is 185 Å². The summed E-state index contributed by atoms with van der Waals surface area (Å²) in [6.07, 6.45) is 13.6. The number of anilines is 5. The van der Waals surface area contributed by atoms with E-state index in [2.05, 4.69) is 19.9 Å². The van der Waals surface area contributed by atoms with Crippen LogP contribution in [0.15, 0.2) is 243 Å². The lowest BCUT2D eigenvalue weighted by Crippen LogP contribution is -2.26. The highest BCUT2D eigenvalue weighted by Crippen LogP contribution is 2.34. The number of aryl methyl sites for hydroxylation is 4. The van der Waals surface area contributed by atoms with Gasteiger partial charge in [0.25, 0.3) is 0 Å². The van der Waals surface area contributed by atoms with Crippen molar-refractivity contribution in [2.75, 3.05) is 60.6 Å².